The Morgan fingerprint density at radius 1 is 0.346 bits per heavy atom. The van der Waals surface area contributed by atoms with Gasteiger partial charge in [0.25, 0.3) is 17.7 Å². The SMILES string of the molecule is C[C@H]1OC(=O)C(Cc2ccccc2)N(C)C(=O)[C@H](C)[C@H](O)[C@H](Cc2cccnc2)NC(=O)[C@H]1NC(=O)c1ccccc1O.C[C@H]1OC(=O)C(Cc2ccccc2)NC(=O)[C@H](C)[C@H](O)[C@H](Cc2cccnc2)NC(=O)[C@H]1NC(=O)c1ccccc1O.C[C@H]1OC(=O)C(Cc2ccccc2)OC(=O)[C@H](C)[C@H](O)[C@H](Cc2cccnc2)NC(=O)[C@H]1NC(=O)c1ccccc1O. The molecule has 0 radical (unpaired) electrons. The fourth-order valence-corrected chi connectivity index (χ4v) is 14.5. The maximum atomic E-state index is 13.8. The number of aromatic nitrogens is 3. The molecule has 3 aliphatic heterocycles. The zero-order chi connectivity index (χ0) is 91.5. The van der Waals surface area contributed by atoms with Gasteiger partial charge in [0, 0.05) is 63.5 Å². The zero-order valence-corrected chi connectivity index (χ0v) is 70.7. The van der Waals surface area contributed by atoms with Crippen LogP contribution < -0.4 is 37.2 Å². The van der Waals surface area contributed by atoms with E-state index < -0.39 is 180 Å². The summed E-state index contributed by atoms with van der Waals surface area (Å²) in [6, 6.07) is 45.4. The number of amides is 8. The van der Waals surface area contributed by atoms with Crippen LogP contribution in [0.1, 0.15) is 106 Å². The Morgan fingerprint density at radius 3 is 1.04 bits per heavy atom. The van der Waals surface area contributed by atoms with Crippen LogP contribution in [0.25, 0.3) is 0 Å². The van der Waals surface area contributed by atoms with Crippen molar-refractivity contribution >= 4 is 71.1 Å². The number of nitrogens with zero attached hydrogens (tertiary/aromatic N) is 4. The van der Waals surface area contributed by atoms with Crippen molar-refractivity contribution in [2.24, 2.45) is 17.8 Å². The van der Waals surface area contributed by atoms with Gasteiger partial charge in [-0.1, -0.05) is 159 Å². The van der Waals surface area contributed by atoms with Crippen LogP contribution in [0.15, 0.2) is 237 Å². The van der Waals surface area contributed by atoms with Crippen LogP contribution in [0.3, 0.4) is 0 Å². The molecule has 18 atom stereocenters. The number of phenols is 3. The average Bonchev–Trinajstić information content (AvgIpc) is 0.806. The number of hydrogen-bond donors (Lipinski definition) is 13. The van der Waals surface area contributed by atoms with Crippen molar-refractivity contribution in [3.63, 3.8) is 0 Å². The largest absolute Gasteiger partial charge is 0.507 e. The minimum atomic E-state index is -1.44. The molecule has 3 aliphatic rings. The lowest BCUT2D eigenvalue weighted by Crippen LogP contribution is -2.61. The normalized spacial score (nSPS) is 25.1. The molecule has 13 N–H and O–H groups in total. The summed E-state index contributed by atoms with van der Waals surface area (Å²) < 4.78 is 22.6. The number of aromatic hydroxyl groups is 3. The molecule has 0 bridgehead atoms. The standard InChI is InChI=1S/C32H36N4O7.C31H34N4O7.C31H33N3O8/c1-19-28(38)24(16-22-12-9-15-33-18-22)34-30(40)27(35-29(39)23-13-7-8-14-26(23)37)20(2)43-32(42)25(36(3)31(19)41)17-21-10-5-4-6-11-21;1-18-27(37)23(16-21-11-8-14-32-17-21)33-30(40)26(35-29(39)22-12-6-7-13-25(22)36)19(2)42-31(41)24(34-28(18)38)15-20-9-4-3-5-10-20;1-18-27(36)23(15-21-11-8-14-32-17-21)33-29(38)26(34-28(37)22-12-6-7-13-24(22)35)19(2)41-31(40)25(42-30(18)39)16-20-9-4-3-5-10-20/h4-15,18-20,24-25,27-28,37-38H,16-17H2,1-3H3,(H,34,40)(H,35,39);3-14,17-19,23-24,26-27,36-37H,15-16H2,1-2H3,(H,33,40)(H,34,38)(H,35,39);3-14,17-19,23,25-27,35-36H,15-16H2,1-2H3,(H,33,38)(H,34,37)/t19-,20-,24+,25?,27+,28+;18-,19-,23+,24?,26+,27+;18-,19-,23+,25?,26+,27+/m111/s1. The summed E-state index contributed by atoms with van der Waals surface area (Å²) >= 11 is 0. The highest BCUT2D eigenvalue weighted by molar-refractivity contribution is 6.02. The molecular weight excluding hydrogens is 1640 g/mol. The quantitative estimate of drug-likeness (QED) is 0.0412. The maximum Gasteiger partial charge on any atom is 0.348 e. The molecule has 6 aromatic carbocycles. The molecule has 3 aromatic heterocycles. The predicted molar refractivity (Wildman–Crippen MR) is 459 cm³/mol. The second-order valence-electron chi connectivity index (χ2n) is 31.2. The molecule has 3 saturated heterocycles. The van der Waals surface area contributed by atoms with Crippen molar-refractivity contribution in [2.45, 2.75) is 171 Å². The Labute approximate surface area is 732 Å². The van der Waals surface area contributed by atoms with Crippen molar-refractivity contribution in [3.8, 4) is 17.2 Å². The van der Waals surface area contributed by atoms with Gasteiger partial charge >= 0.3 is 23.9 Å². The van der Waals surface area contributed by atoms with E-state index in [9.17, 15) is 88.2 Å². The summed E-state index contributed by atoms with van der Waals surface area (Å²) in [4.78, 5) is 174. The number of esters is 4. The number of carbonyl (C=O) groups is 12. The maximum absolute atomic E-state index is 13.8. The molecule has 33 nitrogen and oxygen atoms in total. The van der Waals surface area contributed by atoms with Gasteiger partial charge in [0.15, 0.2) is 0 Å². The minimum Gasteiger partial charge on any atom is -0.507 e. The van der Waals surface area contributed by atoms with E-state index in [0.29, 0.717) is 22.3 Å². The fraction of sp³-hybridized carbons (Fsp3) is 0.330. The third-order valence-electron chi connectivity index (χ3n) is 22.0. The van der Waals surface area contributed by atoms with Crippen molar-refractivity contribution in [1.29, 1.82) is 0 Å². The van der Waals surface area contributed by atoms with E-state index in [2.05, 4.69) is 52.2 Å². The van der Waals surface area contributed by atoms with Gasteiger partial charge < -0.3 is 91.7 Å². The number of benzene rings is 6. The van der Waals surface area contributed by atoms with Crippen molar-refractivity contribution in [2.75, 3.05) is 7.05 Å². The highest BCUT2D eigenvalue weighted by Gasteiger charge is 2.45. The Kier molecular flexibility index (Phi) is 33.9. The Morgan fingerprint density at radius 2 is 0.669 bits per heavy atom. The van der Waals surface area contributed by atoms with Crippen LogP contribution in [-0.4, -0.2) is 220 Å². The van der Waals surface area contributed by atoms with Crippen molar-refractivity contribution in [3.05, 3.63) is 287 Å². The Hall–Kier alpha value is -14.3. The number of hydrogen-bond acceptors (Lipinski definition) is 25. The second kappa shape index (κ2) is 45.4. The molecule has 0 saturated carbocycles. The van der Waals surface area contributed by atoms with Gasteiger partial charge in [0.1, 0.15) is 65.8 Å². The minimum absolute atomic E-state index is 0.0127. The van der Waals surface area contributed by atoms with Gasteiger partial charge in [-0.05, 0) is 135 Å². The van der Waals surface area contributed by atoms with Crippen LogP contribution in [0.4, 0.5) is 0 Å². The molecule has 3 unspecified atom stereocenters. The molecule has 12 rings (SSSR count). The van der Waals surface area contributed by atoms with E-state index >= 15 is 0 Å². The lowest BCUT2D eigenvalue weighted by Gasteiger charge is -2.36. The molecule has 8 amide bonds. The van der Waals surface area contributed by atoms with Crippen molar-refractivity contribution < 1.29 is 107 Å². The van der Waals surface area contributed by atoms with E-state index in [-0.39, 0.29) is 72.5 Å². The molecule has 666 valence electrons. The third kappa shape index (κ3) is 26.2. The smallest absolute Gasteiger partial charge is 0.348 e. The number of nitrogens with one attached hydrogen (secondary N) is 7. The highest BCUT2D eigenvalue weighted by atomic mass is 16.6. The summed E-state index contributed by atoms with van der Waals surface area (Å²) in [5, 5.41) is 83.2. The van der Waals surface area contributed by atoms with Crippen LogP contribution in [-0.2, 0) is 101 Å². The summed E-state index contributed by atoms with van der Waals surface area (Å²) in [5.41, 5.74) is 4.03. The van der Waals surface area contributed by atoms with Crippen LogP contribution in [0, 0.1) is 17.8 Å². The van der Waals surface area contributed by atoms with Gasteiger partial charge in [0.2, 0.25) is 35.6 Å². The Bertz CT molecular complexity index is 5050. The number of aliphatic hydroxyl groups is 3. The molecule has 127 heavy (non-hydrogen) atoms. The molecule has 0 aliphatic carbocycles. The summed E-state index contributed by atoms with van der Waals surface area (Å²) in [5.74, 6) is -13.2. The highest BCUT2D eigenvalue weighted by Crippen LogP contribution is 2.27. The van der Waals surface area contributed by atoms with E-state index in [0.717, 1.165) is 11.1 Å². The molecule has 33 heteroatoms. The number of pyridine rings is 3. The number of para-hydroxylation sites is 3. The lowest BCUT2D eigenvalue weighted by atomic mass is 9.91. The monoisotopic (exact) mass is 1740 g/mol. The third-order valence-corrected chi connectivity index (χ3v) is 22.0. The number of rotatable bonds is 18. The zero-order valence-electron chi connectivity index (χ0n) is 70.7. The number of phenolic OH excluding ortho intramolecular Hbond substituents is 3. The van der Waals surface area contributed by atoms with Gasteiger partial charge in [-0.25, -0.2) is 14.4 Å². The summed E-state index contributed by atoms with van der Waals surface area (Å²) in [6.07, 6.45) is 0.866. The number of aliphatic hydroxyl groups excluding tert-OH is 3. The van der Waals surface area contributed by atoms with Gasteiger partial charge in [0.05, 0.1) is 70.9 Å². The topological polar surface area (TPSA) is 489 Å². The number of cyclic esters (lactones) is 4. The van der Waals surface area contributed by atoms with E-state index in [1.54, 1.807) is 165 Å². The molecule has 0 spiro atoms. The van der Waals surface area contributed by atoms with Gasteiger partial charge in [-0.3, -0.25) is 58.1 Å². The summed E-state index contributed by atoms with van der Waals surface area (Å²) in [6.45, 7) is 8.77. The first-order valence-corrected chi connectivity index (χ1v) is 41.2. The van der Waals surface area contributed by atoms with E-state index in [1.807, 2.05) is 36.4 Å². The van der Waals surface area contributed by atoms with Crippen LogP contribution in [0.5, 0.6) is 17.2 Å². The Balaban J connectivity index is 0.000000199. The van der Waals surface area contributed by atoms with Crippen LogP contribution >= 0.6 is 0 Å². The first-order valence-electron chi connectivity index (χ1n) is 41.2. The first-order chi connectivity index (χ1) is 60.8. The lowest BCUT2D eigenvalue weighted by molar-refractivity contribution is -0.177. The summed E-state index contributed by atoms with van der Waals surface area (Å²) in [7, 11) is 1.48. The molecular formula is C94H103N11O22. The number of ether oxygens (including phenoxy) is 4. The molecule has 9 aromatic rings. The molecule has 6 heterocycles. The first kappa shape index (κ1) is 94.9. The van der Waals surface area contributed by atoms with Gasteiger partial charge in [-0.2, -0.15) is 0 Å². The predicted octanol–water partition coefficient (Wildman–Crippen LogP) is 4.62. The second-order valence-corrected chi connectivity index (χ2v) is 31.2. The number of carbonyl (C=O) groups excluding carboxylic acids is 12. The fourth-order valence-electron chi connectivity index (χ4n) is 14.5. The molecule has 3 fully saturated rings. The van der Waals surface area contributed by atoms with Crippen LogP contribution in [0.2, 0.25) is 0 Å². The van der Waals surface area contributed by atoms with E-state index in [1.165, 1.54) is 89.9 Å². The van der Waals surface area contributed by atoms with E-state index in [4.69, 9.17) is 18.9 Å². The average molecular weight is 1740 g/mol. The van der Waals surface area contributed by atoms with Gasteiger partial charge in [-0.15, -0.1) is 0 Å². The van der Waals surface area contributed by atoms with Crippen molar-refractivity contribution in [1.82, 2.24) is 57.1 Å². The number of likely N-dealkylation sites (N-methyl/N-ethyl adjacent to an activating group) is 1.